The van der Waals surface area contributed by atoms with Crippen LogP contribution >= 0.6 is 22.7 Å². The minimum atomic E-state index is -0.487. The van der Waals surface area contributed by atoms with E-state index in [1.807, 2.05) is 0 Å². The topological polar surface area (TPSA) is 83.8 Å². The predicted octanol–water partition coefficient (Wildman–Crippen LogP) is 3.44. The molecule has 28 heavy (non-hydrogen) atoms. The van der Waals surface area contributed by atoms with Gasteiger partial charge in [0.25, 0.3) is 11.8 Å². The monoisotopic (exact) mass is 419 g/mol. The van der Waals surface area contributed by atoms with Gasteiger partial charge in [0.2, 0.25) is 0 Å². The summed E-state index contributed by atoms with van der Waals surface area (Å²) < 4.78 is 0. The van der Waals surface area contributed by atoms with E-state index in [0.717, 1.165) is 29.1 Å². The number of fused-ring (bicyclic) bond motifs is 1. The molecule has 148 valence electrons. The van der Waals surface area contributed by atoms with E-state index in [4.69, 9.17) is 0 Å². The molecule has 1 unspecified atom stereocenters. The van der Waals surface area contributed by atoms with E-state index in [1.165, 1.54) is 29.0 Å². The van der Waals surface area contributed by atoms with Gasteiger partial charge in [-0.05, 0) is 42.9 Å². The normalized spacial score (nSPS) is 19.4. The Morgan fingerprint density at radius 1 is 1.07 bits per heavy atom. The number of piperazine rings is 1. The summed E-state index contributed by atoms with van der Waals surface area (Å²) in [5.74, 6) is 0.518. The minimum absolute atomic E-state index is 0.0341. The Bertz CT molecular complexity index is 928. The number of carbonyl (C=O) groups is 2. The Balaban J connectivity index is 1.37. The van der Waals surface area contributed by atoms with Crippen LogP contribution in [0.4, 0.5) is 5.00 Å². The molecule has 0 bridgehead atoms. The number of amides is 2. The van der Waals surface area contributed by atoms with Crippen molar-refractivity contribution in [3.05, 3.63) is 48.5 Å². The van der Waals surface area contributed by atoms with Crippen LogP contribution in [0.2, 0.25) is 0 Å². The van der Waals surface area contributed by atoms with Crippen molar-refractivity contribution < 1.29 is 14.5 Å². The van der Waals surface area contributed by atoms with Crippen LogP contribution in [0.1, 0.15) is 43.1 Å². The van der Waals surface area contributed by atoms with E-state index in [1.54, 1.807) is 21.1 Å². The fraction of sp³-hybridized carbons (Fsp3) is 0.474. The van der Waals surface area contributed by atoms with Crippen molar-refractivity contribution in [1.82, 2.24) is 9.80 Å². The van der Waals surface area contributed by atoms with Gasteiger partial charge in [-0.1, -0.05) is 18.3 Å². The maximum atomic E-state index is 12.9. The zero-order valence-corrected chi connectivity index (χ0v) is 17.2. The number of nitrogens with zero attached hydrogens (tertiary/aromatic N) is 3. The molecular weight excluding hydrogens is 398 g/mol. The number of aryl methyl sites for hydroxylation is 1. The average Bonchev–Trinajstić information content (AvgIpc) is 3.34. The van der Waals surface area contributed by atoms with Crippen molar-refractivity contribution in [2.45, 2.75) is 26.2 Å². The van der Waals surface area contributed by atoms with Crippen LogP contribution in [-0.2, 0) is 12.8 Å². The Hall–Kier alpha value is -2.26. The lowest BCUT2D eigenvalue weighted by Crippen LogP contribution is -2.50. The van der Waals surface area contributed by atoms with E-state index in [-0.39, 0.29) is 16.8 Å². The van der Waals surface area contributed by atoms with Gasteiger partial charge in [-0.2, -0.15) is 0 Å². The maximum absolute atomic E-state index is 12.9. The average molecular weight is 420 g/mol. The standard InChI is InChI=1S/C19H21N3O4S2/c1-12-2-3-14-13(10-12)11-16(27-14)19(24)21-8-6-20(7-9-21)18(23)15-4-5-17(28-15)22(25)26/h4-5,11-12H,2-3,6-10H2,1H3. The lowest BCUT2D eigenvalue weighted by Gasteiger charge is -2.34. The molecule has 1 aliphatic carbocycles. The first-order valence-electron chi connectivity index (χ1n) is 9.36. The van der Waals surface area contributed by atoms with Gasteiger partial charge >= 0.3 is 5.00 Å². The Morgan fingerprint density at radius 2 is 1.71 bits per heavy atom. The molecule has 1 saturated heterocycles. The molecule has 2 amide bonds. The molecule has 3 heterocycles. The van der Waals surface area contributed by atoms with Gasteiger partial charge in [-0.15, -0.1) is 11.3 Å². The molecule has 7 nitrogen and oxygen atoms in total. The number of hydrogen-bond acceptors (Lipinski definition) is 6. The molecule has 0 aromatic carbocycles. The van der Waals surface area contributed by atoms with E-state index in [0.29, 0.717) is 37.0 Å². The van der Waals surface area contributed by atoms with Crippen LogP contribution in [-0.4, -0.2) is 52.7 Å². The fourth-order valence-electron chi connectivity index (χ4n) is 3.78. The van der Waals surface area contributed by atoms with Crippen molar-refractivity contribution in [3.8, 4) is 0 Å². The molecule has 2 aromatic heterocycles. The summed E-state index contributed by atoms with van der Waals surface area (Å²) in [5.41, 5.74) is 1.32. The Kier molecular flexibility index (Phi) is 5.20. The number of carbonyl (C=O) groups excluding carboxylic acids is 2. The van der Waals surface area contributed by atoms with Crippen molar-refractivity contribution in [2.24, 2.45) is 5.92 Å². The molecule has 1 fully saturated rings. The first-order valence-corrected chi connectivity index (χ1v) is 11.0. The molecule has 2 aromatic rings. The summed E-state index contributed by atoms with van der Waals surface area (Å²) in [4.78, 5) is 41.7. The summed E-state index contributed by atoms with van der Waals surface area (Å²) in [7, 11) is 0. The van der Waals surface area contributed by atoms with Crippen LogP contribution in [0.3, 0.4) is 0 Å². The smallest absolute Gasteiger partial charge is 0.324 e. The highest BCUT2D eigenvalue weighted by atomic mass is 32.1. The van der Waals surface area contributed by atoms with Crippen LogP contribution in [0.15, 0.2) is 18.2 Å². The lowest BCUT2D eigenvalue weighted by atomic mass is 9.90. The highest BCUT2D eigenvalue weighted by molar-refractivity contribution is 7.17. The van der Waals surface area contributed by atoms with Crippen molar-refractivity contribution >= 4 is 39.5 Å². The second-order valence-corrected chi connectivity index (χ2v) is 9.59. The summed E-state index contributed by atoms with van der Waals surface area (Å²) >= 11 is 2.51. The Morgan fingerprint density at radius 3 is 2.32 bits per heavy atom. The van der Waals surface area contributed by atoms with Gasteiger partial charge < -0.3 is 9.80 Å². The molecule has 1 atom stereocenters. The van der Waals surface area contributed by atoms with E-state index < -0.39 is 4.92 Å². The highest BCUT2D eigenvalue weighted by Crippen LogP contribution is 2.33. The molecule has 2 aliphatic rings. The summed E-state index contributed by atoms with van der Waals surface area (Å²) in [6, 6.07) is 4.91. The molecule has 0 spiro atoms. The van der Waals surface area contributed by atoms with Gasteiger partial charge in [-0.3, -0.25) is 19.7 Å². The zero-order valence-electron chi connectivity index (χ0n) is 15.6. The molecule has 9 heteroatoms. The van der Waals surface area contributed by atoms with Gasteiger partial charge in [0.05, 0.1) is 14.7 Å². The van der Waals surface area contributed by atoms with Crippen LogP contribution in [0, 0.1) is 16.0 Å². The first-order chi connectivity index (χ1) is 13.4. The quantitative estimate of drug-likeness (QED) is 0.564. The summed E-state index contributed by atoms with van der Waals surface area (Å²) in [6.45, 7) is 4.10. The van der Waals surface area contributed by atoms with Gasteiger partial charge in [0, 0.05) is 37.1 Å². The summed E-state index contributed by atoms with van der Waals surface area (Å²) in [6.07, 6.45) is 3.29. The van der Waals surface area contributed by atoms with Crippen LogP contribution in [0.5, 0.6) is 0 Å². The van der Waals surface area contributed by atoms with Crippen LogP contribution in [0.25, 0.3) is 0 Å². The van der Waals surface area contributed by atoms with E-state index >= 15 is 0 Å². The maximum Gasteiger partial charge on any atom is 0.324 e. The molecule has 1 aliphatic heterocycles. The zero-order chi connectivity index (χ0) is 19.8. The lowest BCUT2D eigenvalue weighted by molar-refractivity contribution is -0.380. The number of rotatable bonds is 3. The first kappa shape index (κ1) is 19.1. The second-order valence-electron chi connectivity index (χ2n) is 7.39. The Labute approximate surface area is 170 Å². The highest BCUT2D eigenvalue weighted by Gasteiger charge is 2.29. The number of hydrogen-bond donors (Lipinski definition) is 0. The van der Waals surface area contributed by atoms with Gasteiger partial charge in [-0.25, -0.2) is 0 Å². The fourth-order valence-corrected chi connectivity index (χ4v) is 5.74. The second kappa shape index (κ2) is 7.63. The third-order valence-electron chi connectivity index (χ3n) is 5.38. The van der Waals surface area contributed by atoms with Crippen molar-refractivity contribution in [1.29, 1.82) is 0 Å². The third kappa shape index (κ3) is 3.68. The SMILES string of the molecule is CC1CCc2sc(C(=O)N3CCN(C(=O)c4ccc([N+](=O)[O-])s4)CC3)cc2C1. The minimum Gasteiger partial charge on any atom is -0.334 e. The van der Waals surface area contributed by atoms with Crippen molar-refractivity contribution in [3.63, 3.8) is 0 Å². The number of nitro groups is 1. The molecular formula is C19H21N3O4S2. The largest absolute Gasteiger partial charge is 0.334 e. The summed E-state index contributed by atoms with van der Waals surface area (Å²) in [5, 5.41) is 10.8. The molecule has 0 N–H and O–H groups in total. The van der Waals surface area contributed by atoms with E-state index in [2.05, 4.69) is 13.0 Å². The van der Waals surface area contributed by atoms with Crippen molar-refractivity contribution in [2.75, 3.05) is 26.2 Å². The third-order valence-corrected chi connectivity index (χ3v) is 7.63. The van der Waals surface area contributed by atoms with E-state index in [9.17, 15) is 19.7 Å². The van der Waals surface area contributed by atoms with Crippen LogP contribution < -0.4 is 0 Å². The molecule has 0 radical (unpaired) electrons. The molecule has 4 rings (SSSR count). The van der Waals surface area contributed by atoms with Gasteiger partial charge in [0.15, 0.2) is 0 Å². The predicted molar refractivity (Wildman–Crippen MR) is 108 cm³/mol. The number of thiophene rings is 2. The molecule has 0 saturated carbocycles. The van der Waals surface area contributed by atoms with Gasteiger partial charge in [0.1, 0.15) is 0 Å².